The van der Waals surface area contributed by atoms with E-state index in [-0.39, 0.29) is 0 Å². The molecule has 1 heterocycles. The Labute approximate surface area is 100 Å². The van der Waals surface area contributed by atoms with E-state index in [9.17, 15) is 4.79 Å². The number of aliphatic carboxylic acids is 1. The van der Waals surface area contributed by atoms with Crippen molar-refractivity contribution in [3.63, 3.8) is 0 Å². The number of hydrogen-bond acceptors (Lipinski definition) is 3. The molecule has 4 heteroatoms. The number of hydrogen-bond donors (Lipinski definition) is 1. The van der Waals surface area contributed by atoms with E-state index >= 15 is 0 Å². The molecule has 0 spiro atoms. The zero-order chi connectivity index (χ0) is 12.2. The van der Waals surface area contributed by atoms with Gasteiger partial charge in [-0.05, 0) is 31.9 Å². The van der Waals surface area contributed by atoms with Crippen molar-refractivity contribution in [3.05, 3.63) is 24.0 Å². The highest BCUT2D eigenvalue weighted by Crippen LogP contribution is 2.27. The van der Waals surface area contributed by atoms with Crippen molar-refractivity contribution in [2.24, 2.45) is 5.41 Å². The van der Waals surface area contributed by atoms with Gasteiger partial charge in [-0.15, -0.1) is 11.8 Å². The number of carbonyl (C=O) groups is 1. The molecule has 0 bridgehead atoms. The van der Waals surface area contributed by atoms with Gasteiger partial charge in [-0.3, -0.25) is 9.78 Å². The molecule has 1 N–H and O–H groups in total. The monoisotopic (exact) mass is 239 g/mol. The van der Waals surface area contributed by atoms with E-state index in [1.807, 2.05) is 6.20 Å². The first-order chi connectivity index (χ1) is 7.45. The molecule has 0 amide bonds. The Morgan fingerprint density at radius 1 is 1.50 bits per heavy atom. The van der Waals surface area contributed by atoms with Crippen molar-refractivity contribution in [2.75, 3.05) is 5.75 Å². The molecule has 0 radical (unpaired) electrons. The fourth-order valence-corrected chi connectivity index (χ4v) is 2.08. The highest BCUT2D eigenvalue weighted by molar-refractivity contribution is 7.99. The quantitative estimate of drug-likeness (QED) is 0.803. The van der Waals surface area contributed by atoms with Crippen LogP contribution in [0.15, 0.2) is 23.4 Å². The van der Waals surface area contributed by atoms with Crippen LogP contribution < -0.4 is 0 Å². The van der Waals surface area contributed by atoms with E-state index < -0.39 is 11.4 Å². The number of thioether (sulfide) groups is 1. The van der Waals surface area contributed by atoms with Crippen LogP contribution in [0.25, 0.3) is 0 Å². The molecule has 0 aliphatic carbocycles. The predicted molar refractivity (Wildman–Crippen MR) is 65.8 cm³/mol. The van der Waals surface area contributed by atoms with Crippen LogP contribution in [0.1, 0.15) is 26.3 Å². The average molecular weight is 239 g/mol. The number of carboxylic acid groups (broad SMARTS) is 1. The maximum absolute atomic E-state index is 10.9. The third-order valence-corrected chi connectivity index (χ3v) is 3.78. The molecule has 1 rings (SSSR count). The van der Waals surface area contributed by atoms with Gasteiger partial charge in [0.25, 0.3) is 0 Å². The van der Waals surface area contributed by atoms with E-state index in [1.54, 1.807) is 31.8 Å². The zero-order valence-corrected chi connectivity index (χ0v) is 10.7. The summed E-state index contributed by atoms with van der Waals surface area (Å²) >= 11 is 1.54. The normalized spacial score (nSPS) is 11.4. The molecule has 16 heavy (non-hydrogen) atoms. The summed E-state index contributed by atoms with van der Waals surface area (Å²) < 4.78 is 0. The SMILES string of the molecule is CCc1cncc(SCC(C)(C)C(=O)O)c1. The molecular formula is C12H17NO2S. The van der Waals surface area contributed by atoms with Gasteiger partial charge in [0, 0.05) is 23.0 Å². The van der Waals surface area contributed by atoms with Gasteiger partial charge in [-0.1, -0.05) is 6.92 Å². The van der Waals surface area contributed by atoms with E-state index in [0.29, 0.717) is 5.75 Å². The number of aromatic nitrogens is 1. The molecule has 88 valence electrons. The van der Waals surface area contributed by atoms with Crippen molar-refractivity contribution in [2.45, 2.75) is 32.1 Å². The van der Waals surface area contributed by atoms with Crippen molar-refractivity contribution in [1.29, 1.82) is 0 Å². The first-order valence-corrected chi connectivity index (χ1v) is 6.24. The summed E-state index contributed by atoms with van der Waals surface area (Å²) in [5.41, 5.74) is 0.477. The molecule has 0 saturated heterocycles. The Hall–Kier alpha value is -1.03. The molecule has 0 fully saturated rings. The van der Waals surface area contributed by atoms with Crippen LogP contribution in [0.4, 0.5) is 0 Å². The Morgan fingerprint density at radius 3 is 2.75 bits per heavy atom. The van der Waals surface area contributed by atoms with Crippen molar-refractivity contribution < 1.29 is 9.90 Å². The van der Waals surface area contributed by atoms with Gasteiger partial charge in [-0.25, -0.2) is 0 Å². The van der Waals surface area contributed by atoms with Gasteiger partial charge in [0.2, 0.25) is 0 Å². The molecule has 1 aromatic heterocycles. The minimum Gasteiger partial charge on any atom is -0.481 e. The standard InChI is InChI=1S/C12H17NO2S/c1-4-9-5-10(7-13-6-9)16-8-12(2,3)11(14)15/h5-7H,4,8H2,1-3H3,(H,14,15). The molecule has 1 aromatic rings. The van der Waals surface area contributed by atoms with Crippen molar-refractivity contribution >= 4 is 17.7 Å². The molecule has 0 aliphatic rings. The fourth-order valence-electron chi connectivity index (χ4n) is 1.06. The lowest BCUT2D eigenvalue weighted by atomic mass is 9.97. The van der Waals surface area contributed by atoms with Gasteiger partial charge in [0.15, 0.2) is 0 Å². The van der Waals surface area contributed by atoms with Crippen LogP contribution in [-0.4, -0.2) is 21.8 Å². The topological polar surface area (TPSA) is 50.2 Å². The van der Waals surface area contributed by atoms with Crippen LogP contribution in [-0.2, 0) is 11.2 Å². The predicted octanol–water partition coefficient (Wildman–Crippen LogP) is 2.85. The van der Waals surface area contributed by atoms with Crippen molar-refractivity contribution in [1.82, 2.24) is 4.98 Å². The lowest BCUT2D eigenvalue weighted by molar-refractivity contribution is -0.145. The first-order valence-electron chi connectivity index (χ1n) is 5.26. The molecule has 0 saturated carbocycles. The second-order valence-electron chi connectivity index (χ2n) is 4.36. The van der Waals surface area contributed by atoms with Crippen molar-refractivity contribution in [3.8, 4) is 0 Å². The summed E-state index contributed by atoms with van der Waals surface area (Å²) in [6, 6.07) is 2.07. The number of nitrogens with zero attached hydrogens (tertiary/aromatic N) is 1. The smallest absolute Gasteiger partial charge is 0.309 e. The summed E-state index contributed by atoms with van der Waals surface area (Å²) in [5.74, 6) is -0.211. The Kier molecular flexibility index (Phi) is 4.35. The summed E-state index contributed by atoms with van der Waals surface area (Å²) in [6.45, 7) is 5.55. The molecule has 0 unspecified atom stereocenters. The highest BCUT2D eigenvalue weighted by atomic mass is 32.2. The summed E-state index contributed by atoms with van der Waals surface area (Å²) in [5, 5.41) is 8.99. The zero-order valence-electron chi connectivity index (χ0n) is 9.86. The summed E-state index contributed by atoms with van der Waals surface area (Å²) in [4.78, 5) is 16.1. The fraction of sp³-hybridized carbons (Fsp3) is 0.500. The molecule has 3 nitrogen and oxygen atoms in total. The second-order valence-corrected chi connectivity index (χ2v) is 5.41. The molecule has 0 aliphatic heterocycles. The molecular weight excluding hydrogens is 222 g/mol. The maximum atomic E-state index is 10.9. The lowest BCUT2D eigenvalue weighted by Gasteiger charge is -2.18. The summed E-state index contributed by atoms with van der Waals surface area (Å²) in [6.07, 6.45) is 4.57. The third-order valence-electron chi connectivity index (χ3n) is 2.36. The Balaban J connectivity index is 2.64. The van der Waals surface area contributed by atoms with Gasteiger partial charge >= 0.3 is 5.97 Å². The highest BCUT2D eigenvalue weighted by Gasteiger charge is 2.27. The van der Waals surface area contributed by atoms with E-state index in [0.717, 1.165) is 11.3 Å². The van der Waals surface area contributed by atoms with Gasteiger partial charge < -0.3 is 5.11 Å². The largest absolute Gasteiger partial charge is 0.481 e. The maximum Gasteiger partial charge on any atom is 0.309 e. The minimum absolute atomic E-state index is 0.553. The molecule has 0 aromatic carbocycles. The second kappa shape index (κ2) is 5.34. The van der Waals surface area contributed by atoms with E-state index in [2.05, 4.69) is 18.0 Å². The first kappa shape index (κ1) is 13.0. The van der Waals surface area contributed by atoms with Crippen LogP contribution >= 0.6 is 11.8 Å². The molecule has 0 atom stereocenters. The van der Waals surface area contributed by atoms with Crippen LogP contribution in [0, 0.1) is 5.41 Å². The van der Waals surface area contributed by atoms with Crippen LogP contribution in [0.3, 0.4) is 0 Å². The minimum atomic E-state index is -0.764. The lowest BCUT2D eigenvalue weighted by Crippen LogP contribution is -2.26. The van der Waals surface area contributed by atoms with Gasteiger partial charge in [-0.2, -0.15) is 0 Å². The van der Waals surface area contributed by atoms with Gasteiger partial charge in [0.05, 0.1) is 5.41 Å². The third kappa shape index (κ3) is 3.52. The Morgan fingerprint density at radius 2 is 2.19 bits per heavy atom. The number of pyridine rings is 1. The van der Waals surface area contributed by atoms with Crippen LogP contribution in [0.2, 0.25) is 0 Å². The number of aryl methyl sites for hydroxylation is 1. The number of carboxylic acids is 1. The van der Waals surface area contributed by atoms with E-state index in [4.69, 9.17) is 5.11 Å². The summed E-state index contributed by atoms with van der Waals surface area (Å²) in [7, 11) is 0. The van der Waals surface area contributed by atoms with Crippen LogP contribution in [0.5, 0.6) is 0 Å². The van der Waals surface area contributed by atoms with E-state index in [1.165, 1.54) is 5.56 Å². The van der Waals surface area contributed by atoms with Gasteiger partial charge in [0.1, 0.15) is 0 Å². The Bertz CT molecular complexity index is 377. The average Bonchev–Trinajstić information content (AvgIpc) is 2.26. The number of rotatable bonds is 5.